The summed E-state index contributed by atoms with van der Waals surface area (Å²) >= 11 is 0. The van der Waals surface area contributed by atoms with Gasteiger partial charge in [0, 0.05) is 13.1 Å². The van der Waals surface area contributed by atoms with Gasteiger partial charge in [0.05, 0.1) is 13.1 Å². The maximum atomic E-state index is 11.6. The smallest absolute Gasteiger partial charge is 0.236 e. The fourth-order valence-electron chi connectivity index (χ4n) is 1.73. The van der Waals surface area contributed by atoms with E-state index in [0.717, 1.165) is 25.9 Å². The maximum absolute atomic E-state index is 11.6. The molecule has 80 valence electrons. The van der Waals surface area contributed by atoms with Gasteiger partial charge < -0.3 is 4.90 Å². The summed E-state index contributed by atoms with van der Waals surface area (Å²) in [5.41, 5.74) is 0. The number of ketones is 1. The molecule has 1 amide bonds. The van der Waals surface area contributed by atoms with E-state index in [9.17, 15) is 9.59 Å². The van der Waals surface area contributed by atoms with Crippen LogP contribution in [0, 0.1) is 0 Å². The molecule has 0 N–H and O–H groups in total. The average Bonchev–Trinajstić information content (AvgIpc) is 2.53. The summed E-state index contributed by atoms with van der Waals surface area (Å²) in [7, 11) is 1.80. The zero-order valence-corrected chi connectivity index (χ0v) is 8.95. The topological polar surface area (TPSA) is 40.6 Å². The zero-order valence-electron chi connectivity index (χ0n) is 8.95. The Balaban J connectivity index is 2.28. The van der Waals surface area contributed by atoms with Gasteiger partial charge >= 0.3 is 0 Å². The first-order valence-electron chi connectivity index (χ1n) is 5.05. The minimum absolute atomic E-state index is 0.0988. The number of likely N-dealkylation sites (N-methyl/N-ethyl adjacent to an activating group) is 1. The van der Waals surface area contributed by atoms with E-state index in [1.54, 1.807) is 11.9 Å². The van der Waals surface area contributed by atoms with E-state index in [4.69, 9.17) is 0 Å². The number of carbonyl (C=O) groups is 2. The largest absolute Gasteiger partial charge is 0.342 e. The molecule has 0 spiro atoms. The Morgan fingerprint density at radius 2 is 1.79 bits per heavy atom. The highest BCUT2D eigenvalue weighted by Gasteiger charge is 2.19. The highest BCUT2D eigenvalue weighted by atomic mass is 16.2. The molecule has 0 unspecified atom stereocenters. The van der Waals surface area contributed by atoms with Crippen LogP contribution in [0.4, 0.5) is 0 Å². The van der Waals surface area contributed by atoms with Crippen LogP contribution in [0.25, 0.3) is 0 Å². The molecule has 0 aromatic carbocycles. The fraction of sp³-hybridized carbons (Fsp3) is 0.800. The predicted molar refractivity (Wildman–Crippen MR) is 54.0 cm³/mol. The van der Waals surface area contributed by atoms with E-state index in [1.165, 1.54) is 6.92 Å². The Morgan fingerprint density at radius 3 is 2.29 bits per heavy atom. The summed E-state index contributed by atoms with van der Waals surface area (Å²) < 4.78 is 0. The minimum atomic E-state index is 0.0988. The summed E-state index contributed by atoms with van der Waals surface area (Å²) in [6.07, 6.45) is 2.23. The van der Waals surface area contributed by atoms with Crippen LogP contribution in [0.1, 0.15) is 19.8 Å². The van der Waals surface area contributed by atoms with Gasteiger partial charge in [0.25, 0.3) is 0 Å². The van der Waals surface area contributed by atoms with Crippen molar-refractivity contribution in [3.05, 3.63) is 0 Å². The molecular formula is C10H18N2O2. The number of hydrogen-bond donors (Lipinski definition) is 0. The van der Waals surface area contributed by atoms with Crippen molar-refractivity contribution in [2.24, 2.45) is 0 Å². The van der Waals surface area contributed by atoms with Gasteiger partial charge in [-0.05, 0) is 26.8 Å². The van der Waals surface area contributed by atoms with Gasteiger partial charge in [0.1, 0.15) is 5.78 Å². The van der Waals surface area contributed by atoms with Crippen LogP contribution in [-0.2, 0) is 9.59 Å². The zero-order chi connectivity index (χ0) is 10.6. The molecule has 1 rings (SSSR count). The molecule has 0 aliphatic carbocycles. The second-order valence-electron chi connectivity index (χ2n) is 3.96. The first-order valence-corrected chi connectivity index (χ1v) is 5.05. The van der Waals surface area contributed by atoms with Gasteiger partial charge in [-0.1, -0.05) is 0 Å². The van der Waals surface area contributed by atoms with E-state index in [0.29, 0.717) is 13.1 Å². The summed E-state index contributed by atoms with van der Waals surface area (Å²) in [4.78, 5) is 26.0. The van der Waals surface area contributed by atoms with Crippen LogP contribution in [0.5, 0.6) is 0 Å². The van der Waals surface area contributed by atoms with Crippen LogP contribution < -0.4 is 0 Å². The Hall–Kier alpha value is -0.900. The Bertz CT molecular complexity index is 222. The van der Waals surface area contributed by atoms with E-state index >= 15 is 0 Å². The monoisotopic (exact) mass is 198 g/mol. The van der Waals surface area contributed by atoms with Crippen molar-refractivity contribution in [2.45, 2.75) is 19.8 Å². The maximum Gasteiger partial charge on any atom is 0.236 e. The molecule has 0 radical (unpaired) electrons. The molecule has 1 heterocycles. The third-order valence-corrected chi connectivity index (χ3v) is 2.36. The van der Waals surface area contributed by atoms with Gasteiger partial charge in [-0.3, -0.25) is 14.5 Å². The van der Waals surface area contributed by atoms with Crippen molar-refractivity contribution in [3.63, 3.8) is 0 Å². The number of likely N-dealkylation sites (tertiary alicyclic amines) is 1. The SMILES string of the molecule is CC(=O)CN(C)CC(=O)N1CCCC1. The Morgan fingerprint density at radius 1 is 1.21 bits per heavy atom. The predicted octanol–water partition coefficient (Wildman–Crippen LogP) is 0.130. The van der Waals surface area contributed by atoms with Crippen LogP contribution in [0.2, 0.25) is 0 Å². The van der Waals surface area contributed by atoms with E-state index in [1.807, 2.05) is 4.90 Å². The number of Topliss-reactive ketones (excluding diaryl/α,β-unsaturated/α-hetero) is 1. The lowest BCUT2D eigenvalue weighted by atomic mass is 10.4. The van der Waals surface area contributed by atoms with Crippen molar-refractivity contribution < 1.29 is 9.59 Å². The molecule has 0 bridgehead atoms. The Kier molecular flexibility index (Phi) is 4.07. The van der Waals surface area contributed by atoms with Gasteiger partial charge in [-0.25, -0.2) is 0 Å². The van der Waals surface area contributed by atoms with Crippen molar-refractivity contribution in [3.8, 4) is 0 Å². The highest BCUT2D eigenvalue weighted by molar-refractivity contribution is 5.81. The number of rotatable bonds is 4. The van der Waals surface area contributed by atoms with E-state index in [2.05, 4.69) is 0 Å². The molecule has 4 heteroatoms. The molecule has 1 fully saturated rings. The van der Waals surface area contributed by atoms with Gasteiger partial charge in [-0.2, -0.15) is 0 Å². The lowest BCUT2D eigenvalue weighted by Gasteiger charge is -2.20. The van der Waals surface area contributed by atoms with Crippen molar-refractivity contribution >= 4 is 11.7 Å². The van der Waals surface area contributed by atoms with Crippen LogP contribution in [-0.4, -0.2) is 54.7 Å². The average molecular weight is 198 g/mol. The standard InChI is InChI=1S/C10H18N2O2/c1-9(13)7-11(2)8-10(14)12-5-3-4-6-12/h3-8H2,1-2H3. The van der Waals surface area contributed by atoms with Gasteiger partial charge in [-0.15, -0.1) is 0 Å². The molecule has 0 saturated carbocycles. The third kappa shape index (κ3) is 3.46. The molecule has 1 aliphatic rings. The molecule has 0 atom stereocenters. The van der Waals surface area contributed by atoms with Gasteiger partial charge in [0.2, 0.25) is 5.91 Å². The number of amides is 1. The quantitative estimate of drug-likeness (QED) is 0.644. The lowest BCUT2D eigenvalue weighted by Crippen LogP contribution is -2.38. The highest BCUT2D eigenvalue weighted by Crippen LogP contribution is 2.07. The molecular weight excluding hydrogens is 180 g/mol. The van der Waals surface area contributed by atoms with Crippen molar-refractivity contribution in [1.29, 1.82) is 0 Å². The molecule has 1 saturated heterocycles. The summed E-state index contributed by atoms with van der Waals surface area (Å²) in [5.74, 6) is 0.243. The molecule has 1 aliphatic heterocycles. The van der Waals surface area contributed by atoms with E-state index < -0.39 is 0 Å². The van der Waals surface area contributed by atoms with Gasteiger partial charge in [0.15, 0.2) is 0 Å². The second-order valence-corrected chi connectivity index (χ2v) is 3.96. The second kappa shape index (κ2) is 5.10. The van der Waals surface area contributed by atoms with Crippen LogP contribution >= 0.6 is 0 Å². The first-order chi connectivity index (χ1) is 6.59. The summed E-state index contributed by atoms with van der Waals surface area (Å²) in [6, 6.07) is 0. The first kappa shape index (κ1) is 11.2. The van der Waals surface area contributed by atoms with Crippen LogP contribution in [0.3, 0.4) is 0 Å². The van der Waals surface area contributed by atoms with E-state index in [-0.39, 0.29) is 11.7 Å². The van der Waals surface area contributed by atoms with Crippen LogP contribution in [0.15, 0.2) is 0 Å². The number of hydrogen-bond acceptors (Lipinski definition) is 3. The molecule has 4 nitrogen and oxygen atoms in total. The lowest BCUT2D eigenvalue weighted by molar-refractivity contribution is -0.131. The molecule has 14 heavy (non-hydrogen) atoms. The summed E-state index contributed by atoms with van der Waals surface area (Å²) in [6.45, 7) is 4.02. The third-order valence-electron chi connectivity index (χ3n) is 2.36. The number of nitrogens with zero attached hydrogens (tertiary/aromatic N) is 2. The fourth-order valence-corrected chi connectivity index (χ4v) is 1.73. The Labute approximate surface area is 84.9 Å². The summed E-state index contributed by atoms with van der Waals surface area (Å²) in [5, 5.41) is 0. The number of carbonyl (C=O) groups excluding carboxylic acids is 2. The van der Waals surface area contributed by atoms with Crippen molar-refractivity contribution in [2.75, 3.05) is 33.2 Å². The molecule has 0 aromatic rings. The minimum Gasteiger partial charge on any atom is -0.342 e. The normalized spacial score (nSPS) is 16.4. The van der Waals surface area contributed by atoms with Crippen molar-refractivity contribution in [1.82, 2.24) is 9.80 Å². The molecule has 0 aromatic heterocycles.